The highest BCUT2D eigenvalue weighted by atomic mass is 32.1. The van der Waals surface area contributed by atoms with Crippen LogP contribution in [0.15, 0.2) is 53.9 Å². The minimum atomic E-state index is -0.299. The molecule has 0 bridgehead atoms. The van der Waals surface area contributed by atoms with E-state index in [-0.39, 0.29) is 6.03 Å². The zero-order chi connectivity index (χ0) is 16.9. The molecule has 122 valence electrons. The fraction of sp³-hybridized carbons (Fsp3) is 0.111. The second-order valence-electron chi connectivity index (χ2n) is 5.14. The number of nitrogens with zero attached hydrogens (tertiary/aromatic N) is 1. The monoisotopic (exact) mass is 339 g/mol. The molecule has 0 saturated heterocycles. The number of benzene rings is 2. The Morgan fingerprint density at radius 3 is 2.50 bits per heavy atom. The first-order chi connectivity index (χ1) is 11.6. The van der Waals surface area contributed by atoms with Gasteiger partial charge >= 0.3 is 6.03 Å². The van der Waals surface area contributed by atoms with Gasteiger partial charge in [-0.3, -0.25) is 0 Å². The van der Waals surface area contributed by atoms with E-state index >= 15 is 0 Å². The van der Waals surface area contributed by atoms with Gasteiger partial charge in [-0.15, -0.1) is 11.3 Å². The minimum absolute atomic E-state index is 0.299. The molecular formula is C18H17N3O2S. The van der Waals surface area contributed by atoms with Crippen LogP contribution >= 0.6 is 11.3 Å². The predicted octanol–water partition coefficient (Wildman–Crippen LogP) is 4.77. The van der Waals surface area contributed by atoms with E-state index in [4.69, 9.17) is 4.74 Å². The molecule has 3 rings (SSSR count). The molecule has 0 aliphatic carbocycles. The van der Waals surface area contributed by atoms with E-state index in [0.29, 0.717) is 11.4 Å². The molecule has 0 unspecified atom stereocenters. The molecule has 24 heavy (non-hydrogen) atoms. The van der Waals surface area contributed by atoms with Crippen LogP contribution in [0.25, 0.3) is 11.3 Å². The maximum absolute atomic E-state index is 12.1. The number of thiazole rings is 1. The highest BCUT2D eigenvalue weighted by Gasteiger charge is 2.06. The molecule has 0 atom stereocenters. The van der Waals surface area contributed by atoms with Crippen molar-refractivity contribution < 1.29 is 9.53 Å². The molecule has 0 fully saturated rings. The molecule has 2 amide bonds. The average molecular weight is 339 g/mol. The molecule has 0 radical (unpaired) electrons. The molecule has 1 aromatic heterocycles. The Balaban J connectivity index is 1.67. The SMILES string of the molecule is COc1ccc(NC(=O)Nc2cccc(-c3csc(C)n3)c2)cc1. The fourth-order valence-electron chi connectivity index (χ4n) is 2.22. The normalized spacial score (nSPS) is 10.2. The first-order valence-corrected chi connectivity index (χ1v) is 8.26. The van der Waals surface area contributed by atoms with Crippen molar-refractivity contribution in [2.75, 3.05) is 17.7 Å². The van der Waals surface area contributed by atoms with Crippen molar-refractivity contribution in [1.29, 1.82) is 0 Å². The number of carbonyl (C=O) groups is 1. The predicted molar refractivity (Wildman–Crippen MR) is 97.9 cm³/mol. The number of aryl methyl sites for hydroxylation is 1. The summed E-state index contributed by atoms with van der Waals surface area (Å²) >= 11 is 1.60. The number of rotatable bonds is 4. The fourth-order valence-corrected chi connectivity index (χ4v) is 2.84. The molecule has 2 aromatic carbocycles. The van der Waals surface area contributed by atoms with E-state index in [1.54, 1.807) is 42.7 Å². The molecule has 5 nitrogen and oxygen atoms in total. The lowest BCUT2D eigenvalue weighted by molar-refractivity contribution is 0.262. The van der Waals surface area contributed by atoms with E-state index in [9.17, 15) is 4.79 Å². The number of methoxy groups -OCH3 is 1. The highest BCUT2D eigenvalue weighted by molar-refractivity contribution is 7.09. The van der Waals surface area contributed by atoms with Crippen molar-refractivity contribution in [2.24, 2.45) is 0 Å². The topological polar surface area (TPSA) is 63.2 Å². The van der Waals surface area contributed by atoms with E-state index in [2.05, 4.69) is 15.6 Å². The van der Waals surface area contributed by atoms with Gasteiger partial charge in [0.2, 0.25) is 0 Å². The molecule has 6 heteroatoms. The van der Waals surface area contributed by atoms with Crippen molar-refractivity contribution >= 4 is 28.7 Å². The van der Waals surface area contributed by atoms with Gasteiger partial charge in [0.15, 0.2) is 0 Å². The Kier molecular flexibility index (Phi) is 4.77. The maximum Gasteiger partial charge on any atom is 0.323 e. The number of ether oxygens (including phenoxy) is 1. The van der Waals surface area contributed by atoms with Crippen LogP contribution in [0.2, 0.25) is 0 Å². The number of amides is 2. The summed E-state index contributed by atoms with van der Waals surface area (Å²) in [7, 11) is 1.60. The van der Waals surface area contributed by atoms with Gasteiger partial charge < -0.3 is 15.4 Å². The molecule has 0 aliphatic heterocycles. The lowest BCUT2D eigenvalue weighted by Crippen LogP contribution is -2.19. The molecule has 1 heterocycles. The van der Waals surface area contributed by atoms with Crippen LogP contribution in [0.1, 0.15) is 5.01 Å². The van der Waals surface area contributed by atoms with Crippen LogP contribution < -0.4 is 15.4 Å². The van der Waals surface area contributed by atoms with Crippen LogP contribution in [0, 0.1) is 6.92 Å². The van der Waals surface area contributed by atoms with E-state index < -0.39 is 0 Å². The molecule has 2 N–H and O–H groups in total. The van der Waals surface area contributed by atoms with Crippen LogP contribution in [0.3, 0.4) is 0 Å². The van der Waals surface area contributed by atoms with Crippen molar-refractivity contribution in [3.05, 3.63) is 58.9 Å². The second kappa shape index (κ2) is 7.14. The number of aromatic nitrogens is 1. The second-order valence-corrected chi connectivity index (χ2v) is 6.20. The zero-order valence-corrected chi connectivity index (χ0v) is 14.2. The van der Waals surface area contributed by atoms with Crippen LogP contribution in [-0.2, 0) is 0 Å². The summed E-state index contributed by atoms with van der Waals surface area (Å²) in [6, 6.07) is 14.5. The molecule has 3 aromatic rings. The van der Waals surface area contributed by atoms with Gasteiger partial charge in [-0.25, -0.2) is 9.78 Å². The van der Waals surface area contributed by atoms with E-state index in [0.717, 1.165) is 22.0 Å². The third-order valence-electron chi connectivity index (χ3n) is 3.38. The minimum Gasteiger partial charge on any atom is -0.497 e. The number of hydrogen-bond acceptors (Lipinski definition) is 4. The summed E-state index contributed by atoms with van der Waals surface area (Å²) in [5.74, 6) is 0.743. The molecule has 0 aliphatic rings. The van der Waals surface area contributed by atoms with Gasteiger partial charge in [-0.05, 0) is 43.3 Å². The highest BCUT2D eigenvalue weighted by Crippen LogP contribution is 2.24. The first-order valence-electron chi connectivity index (χ1n) is 7.38. The number of nitrogens with one attached hydrogen (secondary N) is 2. The number of hydrogen-bond donors (Lipinski definition) is 2. The standard InChI is InChI=1S/C18H17N3O2S/c1-12-19-17(11-24-12)13-4-3-5-15(10-13)21-18(22)20-14-6-8-16(23-2)9-7-14/h3-11H,1-2H3,(H2,20,21,22). The maximum atomic E-state index is 12.1. The number of anilines is 2. The number of carbonyl (C=O) groups excluding carboxylic acids is 1. The lowest BCUT2D eigenvalue weighted by Gasteiger charge is -2.09. The van der Waals surface area contributed by atoms with Crippen molar-refractivity contribution in [1.82, 2.24) is 4.98 Å². The van der Waals surface area contributed by atoms with Gasteiger partial charge in [0.1, 0.15) is 5.75 Å². The smallest absolute Gasteiger partial charge is 0.323 e. The summed E-state index contributed by atoms with van der Waals surface area (Å²) in [5, 5.41) is 8.64. The van der Waals surface area contributed by atoms with Crippen molar-refractivity contribution in [2.45, 2.75) is 6.92 Å². The summed E-state index contributed by atoms with van der Waals surface area (Å²) < 4.78 is 5.09. The van der Waals surface area contributed by atoms with Gasteiger partial charge in [0.05, 0.1) is 17.8 Å². The Labute approximate surface area is 144 Å². The quantitative estimate of drug-likeness (QED) is 0.719. The van der Waals surface area contributed by atoms with Crippen molar-refractivity contribution in [3.63, 3.8) is 0 Å². The third-order valence-corrected chi connectivity index (χ3v) is 4.16. The zero-order valence-electron chi connectivity index (χ0n) is 13.4. The molecule has 0 saturated carbocycles. The summed E-state index contributed by atoms with van der Waals surface area (Å²) in [6.07, 6.45) is 0. The van der Waals surface area contributed by atoms with Crippen LogP contribution in [0.5, 0.6) is 5.75 Å². The van der Waals surface area contributed by atoms with E-state index in [1.807, 2.05) is 36.6 Å². The van der Waals surface area contributed by atoms with E-state index in [1.165, 1.54) is 0 Å². The van der Waals surface area contributed by atoms with Crippen LogP contribution in [0.4, 0.5) is 16.2 Å². The molecule has 0 spiro atoms. The Morgan fingerprint density at radius 2 is 1.83 bits per heavy atom. The van der Waals surface area contributed by atoms with Gasteiger partial charge in [-0.2, -0.15) is 0 Å². The average Bonchev–Trinajstić information content (AvgIpc) is 3.02. The third kappa shape index (κ3) is 3.91. The largest absolute Gasteiger partial charge is 0.497 e. The first kappa shape index (κ1) is 16.0. The number of urea groups is 1. The van der Waals surface area contributed by atoms with Gasteiger partial charge in [-0.1, -0.05) is 12.1 Å². The van der Waals surface area contributed by atoms with Crippen LogP contribution in [-0.4, -0.2) is 18.1 Å². The summed E-state index contributed by atoms with van der Waals surface area (Å²) in [5.41, 5.74) is 3.29. The Morgan fingerprint density at radius 1 is 1.08 bits per heavy atom. The Bertz CT molecular complexity index is 843. The summed E-state index contributed by atoms with van der Waals surface area (Å²) in [6.45, 7) is 1.97. The lowest BCUT2D eigenvalue weighted by atomic mass is 10.1. The van der Waals surface area contributed by atoms with Crippen molar-refractivity contribution in [3.8, 4) is 17.0 Å². The van der Waals surface area contributed by atoms with Gasteiger partial charge in [0.25, 0.3) is 0 Å². The molecular weight excluding hydrogens is 322 g/mol. The summed E-state index contributed by atoms with van der Waals surface area (Å²) in [4.78, 5) is 16.6. The van der Waals surface area contributed by atoms with Gasteiger partial charge in [0, 0.05) is 22.3 Å². The Hall–Kier alpha value is -2.86.